The number of nitrogens with zero attached hydrogens (tertiary/aromatic N) is 1. The monoisotopic (exact) mass is 266 g/mol. The number of H-pyrrole nitrogens is 1. The van der Waals surface area contributed by atoms with Crippen molar-refractivity contribution >= 4 is 23.8 Å². The van der Waals surface area contributed by atoms with E-state index in [1.54, 1.807) is 19.4 Å². The van der Waals surface area contributed by atoms with Crippen LogP contribution in [-0.4, -0.2) is 17.1 Å². The molecule has 0 saturated carbocycles. The predicted molar refractivity (Wildman–Crippen MR) is 71.2 cm³/mol. The zero-order valence-electron chi connectivity index (χ0n) is 9.45. The number of aromatic amines is 1. The van der Waals surface area contributed by atoms with E-state index in [9.17, 15) is 0 Å². The second kappa shape index (κ2) is 4.85. The first-order valence-corrected chi connectivity index (χ1v) is 5.80. The molecule has 0 aliphatic carbocycles. The first-order chi connectivity index (χ1) is 8.11. The van der Waals surface area contributed by atoms with Gasteiger partial charge in [-0.15, -0.1) is 0 Å². The summed E-state index contributed by atoms with van der Waals surface area (Å²) in [6, 6.07) is 5.46. The minimum absolute atomic E-state index is 0.438. The number of hydrogen-bond donors (Lipinski definition) is 1. The lowest BCUT2D eigenvalue weighted by atomic mass is 10.1. The summed E-state index contributed by atoms with van der Waals surface area (Å²) in [5, 5.41) is 0.649. The van der Waals surface area contributed by atoms with Crippen LogP contribution in [0.1, 0.15) is 5.56 Å². The fourth-order valence-corrected chi connectivity index (χ4v) is 1.94. The van der Waals surface area contributed by atoms with Gasteiger partial charge in [-0.25, -0.2) is 4.98 Å². The number of aromatic nitrogens is 2. The quantitative estimate of drug-likeness (QED) is 0.841. The van der Waals surface area contributed by atoms with E-state index >= 15 is 0 Å². The van der Waals surface area contributed by atoms with Crippen molar-refractivity contribution in [1.82, 2.24) is 9.97 Å². The number of nitrogens with one attached hydrogen (secondary N) is 1. The first-order valence-electron chi connectivity index (χ1n) is 5.01. The highest BCUT2D eigenvalue weighted by Gasteiger charge is 2.09. The molecule has 1 aromatic heterocycles. The number of aryl methyl sites for hydroxylation is 1. The van der Waals surface area contributed by atoms with Crippen LogP contribution in [0.4, 0.5) is 0 Å². The summed E-state index contributed by atoms with van der Waals surface area (Å²) in [5.74, 6) is 0.745. The highest BCUT2D eigenvalue weighted by molar-refractivity contribution is 7.71. The van der Waals surface area contributed by atoms with E-state index in [-0.39, 0.29) is 0 Å². The molecule has 5 heteroatoms. The summed E-state index contributed by atoms with van der Waals surface area (Å²) < 4.78 is 5.75. The molecule has 0 fully saturated rings. The first kappa shape index (κ1) is 12.1. The van der Waals surface area contributed by atoms with Crippen molar-refractivity contribution in [3.05, 3.63) is 39.8 Å². The molecule has 3 nitrogen and oxygen atoms in total. The van der Waals surface area contributed by atoms with Gasteiger partial charge in [-0.2, -0.15) is 0 Å². The Labute approximate surface area is 109 Å². The molecule has 0 amide bonds. The molecule has 17 heavy (non-hydrogen) atoms. The van der Waals surface area contributed by atoms with Crippen LogP contribution in [0.15, 0.2) is 24.4 Å². The summed E-state index contributed by atoms with van der Waals surface area (Å²) in [6.45, 7) is 1.95. The maximum Gasteiger partial charge on any atom is 0.197 e. The van der Waals surface area contributed by atoms with Crippen LogP contribution >= 0.6 is 23.8 Å². The van der Waals surface area contributed by atoms with Gasteiger partial charge in [-0.1, -0.05) is 11.6 Å². The highest BCUT2D eigenvalue weighted by Crippen LogP contribution is 2.32. The largest absolute Gasteiger partial charge is 0.496 e. The van der Waals surface area contributed by atoms with E-state index in [1.165, 1.54) is 0 Å². The molecule has 0 saturated heterocycles. The SMILES string of the molecule is COc1ccc(Cl)cc1-c1[nH]c(=S)ncc1C. The van der Waals surface area contributed by atoms with E-state index in [2.05, 4.69) is 9.97 Å². The zero-order valence-corrected chi connectivity index (χ0v) is 11.0. The Hall–Kier alpha value is -1.39. The van der Waals surface area contributed by atoms with Crippen molar-refractivity contribution in [3.8, 4) is 17.0 Å². The molecule has 0 unspecified atom stereocenters. The van der Waals surface area contributed by atoms with Gasteiger partial charge in [-0.3, -0.25) is 0 Å². The molecule has 0 aliphatic rings. The van der Waals surface area contributed by atoms with Crippen LogP contribution in [0.2, 0.25) is 5.02 Å². The van der Waals surface area contributed by atoms with Crippen molar-refractivity contribution in [2.75, 3.05) is 7.11 Å². The molecule has 88 valence electrons. The molecule has 1 heterocycles. The Bertz CT molecular complexity index is 610. The second-order valence-corrected chi connectivity index (χ2v) is 4.41. The molecule has 0 aliphatic heterocycles. The Morgan fingerprint density at radius 1 is 1.41 bits per heavy atom. The lowest BCUT2D eigenvalue weighted by Crippen LogP contribution is -1.94. The van der Waals surface area contributed by atoms with Crippen LogP contribution in [0.25, 0.3) is 11.3 Å². The summed E-state index contributed by atoms with van der Waals surface area (Å²) in [7, 11) is 1.62. The average molecular weight is 267 g/mol. The summed E-state index contributed by atoms with van der Waals surface area (Å²) >= 11 is 11.0. The normalized spacial score (nSPS) is 10.3. The predicted octanol–water partition coefficient (Wildman–Crippen LogP) is 3.78. The fraction of sp³-hybridized carbons (Fsp3) is 0.167. The van der Waals surface area contributed by atoms with Crippen LogP contribution in [-0.2, 0) is 0 Å². The Kier molecular flexibility index (Phi) is 3.45. The van der Waals surface area contributed by atoms with Crippen LogP contribution in [0, 0.1) is 11.7 Å². The Morgan fingerprint density at radius 3 is 2.88 bits per heavy atom. The third kappa shape index (κ3) is 2.48. The molecule has 2 aromatic rings. The highest BCUT2D eigenvalue weighted by atomic mass is 35.5. The van der Waals surface area contributed by atoms with Crippen molar-refractivity contribution in [3.63, 3.8) is 0 Å². The number of benzene rings is 1. The van der Waals surface area contributed by atoms with Gasteiger partial charge in [0.15, 0.2) is 4.77 Å². The minimum Gasteiger partial charge on any atom is -0.496 e. The third-order valence-electron chi connectivity index (χ3n) is 2.43. The fourth-order valence-electron chi connectivity index (χ4n) is 1.61. The number of rotatable bonds is 2. The van der Waals surface area contributed by atoms with Gasteiger partial charge >= 0.3 is 0 Å². The van der Waals surface area contributed by atoms with Crippen molar-refractivity contribution < 1.29 is 4.74 Å². The summed E-state index contributed by atoms with van der Waals surface area (Å²) in [6.07, 6.45) is 1.73. The number of ether oxygens (including phenoxy) is 1. The lowest BCUT2D eigenvalue weighted by molar-refractivity contribution is 0.416. The number of halogens is 1. The topological polar surface area (TPSA) is 37.9 Å². The number of methoxy groups -OCH3 is 1. The standard InChI is InChI=1S/C12H11ClN2OS/c1-7-6-14-12(17)15-11(7)9-5-8(13)3-4-10(9)16-2/h3-6H,1-2H3,(H,14,15,17). The maximum absolute atomic E-state index is 6.00. The lowest BCUT2D eigenvalue weighted by Gasteiger charge is -2.11. The van der Waals surface area contributed by atoms with Gasteiger partial charge < -0.3 is 9.72 Å². The van der Waals surface area contributed by atoms with Gasteiger partial charge in [0.25, 0.3) is 0 Å². The van der Waals surface area contributed by atoms with E-state index in [4.69, 9.17) is 28.6 Å². The summed E-state index contributed by atoms with van der Waals surface area (Å²) in [4.78, 5) is 7.09. The molecule has 0 radical (unpaired) electrons. The molecular formula is C12H11ClN2OS. The number of hydrogen-bond acceptors (Lipinski definition) is 3. The third-order valence-corrected chi connectivity index (χ3v) is 2.88. The Morgan fingerprint density at radius 2 is 2.18 bits per heavy atom. The second-order valence-electron chi connectivity index (χ2n) is 3.59. The van der Waals surface area contributed by atoms with Crippen LogP contribution < -0.4 is 4.74 Å². The van der Waals surface area contributed by atoms with Gasteiger partial charge in [0.05, 0.1) is 12.8 Å². The van der Waals surface area contributed by atoms with E-state index < -0.39 is 0 Å². The Balaban J connectivity index is 2.70. The summed E-state index contributed by atoms with van der Waals surface area (Å²) in [5.41, 5.74) is 2.74. The zero-order chi connectivity index (χ0) is 12.4. The van der Waals surface area contributed by atoms with Crippen molar-refractivity contribution in [1.29, 1.82) is 0 Å². The van der Waals surface area contributed by atoms with Crippen LogP contribution in [0.3, 0.4) is 0 Å². The molecule has 2 rings (SSSR count). The molecule has 0 spiro atoms. The maximum atomic E-state index is 6.00. The van der Waals surface area contributed by atoms with Gasteiger partial charge in [0.1, 0.15) is 5.75 Å². The van der Waals surface area contributed by atoms with Gasteiger partial charge in [-0.05, 0) is 42.9 Å². The van der Waals surface area contributed by atoms with Crippen molar-refractivity contribution in [2.45, 2.75) is 6.92 Å². The average Bonchev–Trinajstić information content (AvgIpc) is 2.32. The van der Waals surface area contributed by atoms with E-state index in [0.29, 0.717) is 9.79 Å². The smallest absolute Gasteiger partial charge is 0.197 e. The molecular weight excluding hydrogens is 256 g/mol. The molecule has 1 aromatic carbocycles. The van der Waals surface area contributed by atoms with Crippen LogP contribution in [0.5, 0.6) is 5.75 Å². The molecule has 0 atom stereocenters. The van der Waals surface area contributed by atoms with Gasteiger partial charge in [0.2, 0.25) is 0 Å². The minimum atomic E-state index is 0.438. The van der Waals surface area contributed by atoms with Crippen molar-refractivity contribution in [2.24, 2.45) is 0 Å². The molecule has 1 N–H and O–H groups in total. The molecule has 0 bridgehead atoms. The van der Waals surface area contributed by atoms with E-state index in [0.717, 1.165) is 22.6 Å². The van der Waals surface area contributed by atoms with Gasteiger partial charge in [0, 0.05) is 16.8 Å². The van der Waals surface area contributed by atoms with E-state index in [1.807, 2.05) is 19.1 Å².